The van der Waals surface area contributed by atoms with Gasteiger partial charge in [0.15, 0.2) is 0 Å². The molecule has 1 heterocycles. The molecule has 0 bridgehead atoms. The number of fused-ring (bicyclic) bond motifs is 1. The van der Waals surface area contributed by atoms with Crippen molar-refractivity contribution in [3.63, 3.8) is 0 Å². The Morgan fingerprint density at radius 2 is 1.68 bits per heavy atom. The van der Waals surface area contributed by atoms with Crippen LogP contribution in [0.3, 0.4) is 0 Å². The maximum atomic E-state index is 13.9. The molecule has 1 N–H and O–H groups in total. The number of benzene rings is 1. The third kappa shape index (κ3) is 2.78. The molecule has 1 aromatic rings. The highest BCUT2D eigenvalue weighted by Gasteiger charge is 2.62. The van der Waals surface area contributed by atoms with E-state index in [0.717, 1.165) is 0 Å². The van der Waals surface area contributed by atoms with Crippen LogP contribution in [0.1, 0.15) is 26.3 Å². The van der Waals surface area contributed by atoms with Crippen LogP contribution in [0.25, 0.3) is 6.08 Å². The average molecular weight is 356 g/mol. The second-order valence-corrected chi connectivity index (χ2v) is 9.65. The van der Waals surface area contributed by atoms with Crippen molar-refractivity contribution in [1.82, 2.24) is 0 Å². The first kappa shape index (κ1) is 17.3. The molecule has 0 saturated heterocycles. The Labute approximate surface area is 128 Å². The summed E-state index contributed by atoms with van der Waals surface area (Å²) < 4.78 is 77.3. The molecule has 0 amide bonds. The fourth-order valence-corrected chi connectivity index (χ4v) is 6.89. The van der Waals surface area contributed by atoms with Gasteiger partial charge in [0.2, 0.25) is 0 Å². The molecule has 4 nitrogen and oxygen atoms in total. The second kappa shape index (κ2) is 4.98. The van der Waals surface area contributed by atoms with E-state index in [2.05, 4.69) is 3.63 Å². The van der Waals surface area contributed by atoms with E-state index in [-0.39, 0.29) is 15.4 Å². The lowest BCUT2D eigenvalue weighted by molar-refractivity contribution is -0.0435. The minimum Gasteiger partial charge on any atom is -0.263 e. The van der Waals surface area contributed by atoms with Crippen molar-refractivity contribution >= 4 is 26.8 Å². The Kier molecular flexibility index (Phi) is 3.93. The Morgan fingerprint density at radius 3 is 2.14 bits per heavy atom. The van der Waals surface area contributed by atoms with Crippen LogP contribution >= 0.6 is 10.3 Å². The van der Waals surface area contributed by atoms with E-state index in [1.165, 1.54) is 45.0 Å². The van der Waals surface area contributed by atoms with Gasteiger partial charge in [-0.25, -0.2) is 0 Å². The highest BCUT2D eigenvalue weighted by atomic mass is 32.3. The van der Waals surface area contributed by atoms with E-state index < -0.39 is 31.6 Å². The van der Waals surface area contributed by atoms with Crippen LogP contribution in [0.2, 0.25) is 0 Å². The number of hydrogen-bond donors (Lipinski definition) is 1. The van der Waals surface area contributed by atoms with Crippen LogP contribution in [0.5, 0.6) is 0 Å². The number of allylic oxidation sites excluding steroid dienone is 1. The standard InChI is InChI=1S/C13H15F3O4S2/c1-12(2,3)11-8-9-6-4-5-7-10(9)21(11,13(14,15)16)20-22(17,18)19/h4-8H,1-3H3,(H,17,18,19). The molecule has 22 heavy (non-hydrogen) atoms. The third-order valence-corrected chi connectivity index (χ3v) is 7.58. The lowest BCUT2D eigenvalue weighted by Crippen LogP contribution is -2.29. The molecule has 0 radical (unpaired) electrons. The van der Waals surface area contributed by atoms with Crippen molar-refractivity contribution in [2.45, 2.75) is 31.2 Å². The lowest BCUT2D eigenvalue weighted by Gasteiger charge is -2.42. The molecule has 1 atom stereocenters. The first-order chi connectivity index (χ1) is 9.79. The van der Waals surface area contributed by atoms with Crippen LogP contribution in [-0.4, -0.2) is 18.5 Å². The molecule has 0 spiro atoms. The van der Waals surface area contributed by atoms with Gasteiger partial charge in [-0.3, -0.25) is 4.55 Å². The zero-order valence-corrected chi connectivity index (χ0v) is 13.6. The van der Waals surface area contributed by atoms with Crippen molar-refractivity contribution in [2.75, 3.05) is 0 Å². The quantitative estimate of drug-likeness (QED) is 0.792. The molecular formula is C13H15F3O4S2. The summed E-state index contributed by atoms with van der Waals surface area (Å²) in [6, 6.07) is 5.56. The molecule has 1 unspecified atom stereocenters. The van der Waals surface area contributed by atoms with Gasteiger partial charge >= 0.3 is 15.9 Å². The summed E-state index contributed by atoms with van der Waals surface area (Å²) in [4.78, 5) is -0.476. The molecule has 1 aliphatic heterocycles. The van der Waals surface area contributed by atoms with E-state index in [0.29, 0.717) is 0 Å². The van der Waals surface area contributed by atoms with Crippen LogP contribution in [0.15, 0.2) is 34.1 Å². The van der Waals surface area contributed by atoms with E-state index in [4.69, 9.17) is 4.55 Å². The fourth-order valence-electron chi connectivity index (χ4n) is 2.34. The number of rotatable bonds is 2. The summed E-state index contributed by atoms with van der Waals surface area (Å²) in [7, 11) is -9.68. The topological polar surface area (TPSA) is 63.6 Å². The Hall–Kier alpha value is -1.03. The van der Waals surface area contributed by atoms with Crippen LogP contribution in [0.4, 0.5) is 13.2 Å². The molecule has 1 aliphatic rings. The summed E-state index contributed by atoms with van der Waals surface area (Å²) in [5.74, 6) is 0. The van der Waals surface area contributed by atoms with Gasteiger partial charge in [0.25, 0.3) is 0 Å². The minimum absolute atomic E-state index is 0.202. The summed E-state index contributed by atoms with van der Waals surface area (Å²) in [5.41, 5.74) is -5.76. The van der Waals surface area contributed by atoms with E-state index >= 15 is 0 Å². The number of halogens is 3. The molecule has 0 saturated carbocycles. The first-order valence-corrected chi connectivity index (χ1v) is 9.11. The Morgan fingerprint density at radius 1 is 1.14 bits per heavy atom. The van der Waals surface area contributed by atoms with E-state index in [1.807, 2.05) is 0 Å². The summed E-state index contributed by atoms with van der Waals surface area (Å²) in [5, 5.41) is 0. The highest BCUT2D eigenvalue weighted by Crippen LogP contribution is 2.80. The van der Waals surface area contributed by atoms with Gasteiger partial charge in [-0.1, -0.05) is 39.0 Å². The molecule has 0 aliphatic carbocycles. The predicted octanol–water partition coefficient (Wildman–Crippen LogP) is 4.50. The lowest BCUT2D eigenvalue weighted by atomic mass is 9.95. The minimum atomic E-state index is -5.31. The summed E-state index contributed by atoms with van der Waals surface area (Å²) in [6.07, 6.45) is 1.29. The molecule has 1 aromatic carbocycles. The van der Waals surface area contributed by atoms with Crippen LogP contribution in [-0.2, 0) is 14.0 Å². The van der Waals surface area contributed by atoms with Crippen molar-refractivity contribution in [3.8, 4) is 0 Å². The van der Waals surface area contributed by atoms with E-state index in [1.54, 1.807) is 6.07 Å². The van der Waals surface area contributed by atoms with Crippen molar-refractivity contribution < 1.29 is 29.8 Å². The van der Waals surface area contributed by atoms with Gasteiger partial charge in [0, 0.05) is 20.1 Å². The van der Waals surface area contributed by atoms with Crippen molar-refractivity contribution in [1.29, 1.82) is 0 Å². The van der Waals surface area contributed by atoms with Crippen LogP contribution < -0.4 is 0 Å². The van der Waals surface area contributed by atoms with Gasteiger partial charge < -0.3 is 0 Å². The smallest absolute Gasteiger partial charge is 0.263 e. The molecule has 9 heteroatoms. The van der Waals surface area contributed by atoms with Gasteiger partial charge in [-0.15, -0.1) is 0 Å². The number of hydrogen-bond acceptors (Lipinski definition) is 3. The first-order valence-electron chi connectivity index (χ1n) is 6.18. The monoisotopic (exact) mass is 356 g/mol. The molecule has 2 rings (SSSR count). The largest absolute Gasteiger partial charge is 0.456 e. The maximum Gasteiger partial charge on any atom is 0.456 e. The second-order valence-electron chi connectivity index (χ2n) is 5.79. The van der Waals surface area contributed by atoms with Crippen molar-refractivity contribution in [3.05, 3.63) is 34.7 Å². The van der Waals surface area contributed by atoms with Gasteiger partial charge in [0.1, 0.15) is 0 Å². The number of alkyl halides is 3. The molecular weight excluding hydrogens is 341 g/mol. The fraction of sp³-hybridized carbons (Fsp3) is 0.385. The van der Waals surface area contributed by atoms with Gasteiger partial charge in [-0.05, 0) is 23.1 Å². The SMILES string of the molecule is CC(C)(C)C1=Cc2ccccc2S1(OS(=O)(=O)O)C(F)(F)F. The highest BCUT2D eigenvalue weighted by molar-refractivity contribution is 8.36. The Balaban J connectivity index is 2.86. The zero-order valence-electron chi connectivity index (χ0n) is 12.0. The van der Waals surface area contributed by atoms with Gasteiger partial charge in [0.05, 0.1) is 0 Å². The molecule has 0 aromatic heterocycles. The average Bonchev–Trinajstić information content (AvgIpc) is 2.62. The van der Waals surface area contributed by atoms with E-state index in [9.17, 15) is 21.6 Å². The molecule has 124 valence electrons. The summed E-state index contributed by atoms with van der Waals surface area (Å²) in [6.45, 7) is 4.60. The summed E-state index contributed by atoms with van der Waals surface area (Å²) >= 11 is 0. The van der Waals surface area contributed by atoms with Crippen LogP contribution in [0, 0.1) is 5.41 Å². The third-order valence-electron chi connectivity index (χ3n) is 3.08. The normalized spacial score (nSPS) is 25.3. The zero-order chi connectivity index (χ0) is 17.0. The van der Waals surface area contributed by atoms with Crippen molar-refractivity contribution in [2.24, 2.45) is 5.41 Å². The predicted molar refractivity (Wildman–Crippen MR) is 78.4 cm³/mol. The Bertz CT molecular complexity index is 732. The molecule has 0 fully saturated rings. The van der Waals surface area contributed by atoms with Gasteiger partial charge in [-0.2, -0.15) is 25.2 Å². The maximum absolute atomic E-state index is 13.9.